The van der Waals surface area contributed by atoms with E-state index in [1.54, 1.807) is 0 Å². The molecule has 0 aromatic carbocycles. The fourth-order valence-electron chi connectivity index (χ4n) is 6.12. The summed E-state index contributed by atoms with van der Waals surface area (Å²) in [5.74, 6) is -0.968. The summed E-state index contributed by atoms with van der Waals surface area (Å²) in [6, 6.07) is 0. The average molecular weight is 879 g/mol. The highest BCUT2D eigenvalue weighted by atomic mass is 31.2. The molecular formula is C50H87O10P. The summed E-state index contributed by atoms with van der Waals surface area (Å²) >= 11 is 0. The molecule has 0 aliphatic heterocycles. The molecule has 61 heavy (non-hydrogen) atoms. The van der Waals surface area contributed by atoms with E-state index in [0.717, 1.165) is 70.6 Å². The van der Waals surface area contributed by atoms with Gasteiger partial charge < -0.3 is 24.6 Å². The van der Waals surface area contributed by atoms with Crippen molar-refractivity contribution in [3.63, 3.8) is 0 Å². The molecule has 0 aliphatic rings. The van der Waals surface area contributed by atoms with Crippen molar-refractivity contribution in [3.8, 4) is 0 Å². The zero-order valence-electron chi connectivity index (χ0n) is 38.4. The molecule has 352 valence electrons. The van der Waals surface area contributed by atoms with Gasteiger partial charge >= 0.3 is 19.8 Å². The molecule has 3 atom stereocenters. The lowest BCUT2D eigenvalue weighted by molar-refractivity contribution is -0.161. The van der Waals surface area contributed by atoms with Crippen molar-refractivity contribution in [2.24, 2.45) is 0 Å². The molecule has 0 spiro atoms. The van der Waals surface area contributed by atoms with Crippen LogP contribution in [0.5, 0.6) is 0 Å². The van der Waals surface area contributed by atoms with Gasteiger partial charge in [0.2, 0.25) is 0 Å². The first kappa shape index (κ1) is 58.4. The maximum atomic E-state index is 12.7. The summed E-state index contributed by atoms with van der Waals surface area (Å²) in [6.45, 7) is 2.29. The molecule has 0 bridgehead atoms. The summed E-state index contributed by atoms with van der Waals surface area (Å²) in [7, 11) is -4.63. The number of carbonyl (C=O) groups excluding carboxylic acids is 2. The third-order valence-electron chi connectivity index (χ3n) is 9.83. The third-order valence-corrected chi connectivity index (χ3v) is 10.8. The number of aliphatic hydroxyl groups is 2. The minimum absolute atomic E-state index is 0.169. The summed E-state index contributed by atoms with van der Waals surface area (Å²) in [6.07, 6.45) is 52.9. The van der Waals surface area contributed by atoms with Crippen LogP contribution >= 0.6 is 7.82 Å². The van der Waals surface area contributed by atoms with Gasteiger partial charge in [0.05, 0.1) is 19.8 Å². The molecule has 1 unspecified atom stereocenters. The van der Waals surface area contributed by atoms with E-state index in [9.17, 15) is 24.2 Å². The van der Waals surface area contributed by atoms with Gasteiger partial charge in [0, 0.05) is 12.8 Å². The number of phosphoric acid groups is 1. The van der Waals surface area contributed by atoms with Gasteiger partial charge in [-0.05, 0) is 89.9 Å². The number of allylic oxidation sites excluding steroid dienone is 12. The lowest BCUT2D eigenvalue weighted by Crippen LogP contribution is -2.29. The Kier molecular flexibility index (Phi) is 43.5. The van der Waals surface area contributed by atoms with E-state index in [-0.39, 0.29) is 19.4 Å². The van der Waals surface area contributed by atoms with Crippen molar-refractivity contribution in [1.29, 1.82) is 0 Å². The Balaban J connectivity index is 4.31. The maximum absolute atomic E-state index is 12.7. The second-order valence-corrected chi connectivity index (χ2v) is 17.2. The van der Waals surface area contributed by atoms with E-state index in [1.165, 1.54) is 83.5 Å². The predicted octanol–water partition coefficient (Wildman–Crippen LogP) is 13.2. The van der Waals surface area contributed by atoms with Gasteiger partial charge in [-0.15, -0.1) is 0 Å². The SMILES string of the molecule is CCCCC/C=C/C/C=C/C/C=C/C/C=C/CCCCCC(=O)OC[C@H](COP(=O)(O)OC[C@@H](O)CO)OC(=O)CCCCCCCCCCC/C=C/C/C=C/CCCCC. The summed E-state index contributed by atoms with van der Waals surface area (Å²) < 4.78 is 32.8. The van der Waals surface area contributed by atoms with Crippen LogP contribution in [0.3, 0.4) is 0 Å². The highest BCUT2D eigenvalue weighted by molar-refractivity contribution is 7.47. The molecule has 0 amide bonds. The molecule has 0 radical (unpaired) electrons. The van der Waals surface area contributed by atoms with Crippen LogP contribution in [0, 0.1) is 0 Å². The predicted molar refractivity (Wildman–Crippen MR) is 251 cm³/mol. The quantitative estimate of drug-likeness (QED) is 0.0234. The van der Waals surface area contributed by atoms with Crippen molar-refractivity contribution in [1.82, 2.24) is 0 Å². The average Bonchev–Trinajstić information content (AvgIpc) is 3.25. The van der Waals surface area contributed by atoms with E-state index in [4.69, 9.17) is 23.6 Å². The Morgan fingerprint density at radius 1 is 0.492 bits per heavy atom. The minimum atomic E-state index is -4.63. The maximum Gasteiger partial charge on any atom is 0.472 e. The molecule has 0 heterocycles. The Morgan fingerprint density at radius 3 is 1.30 bits per heavy atom. The standard InChI is InChI=1S/C50H87O10P/c1-3-5-7-9-11-13-15-17-19-21-23-25-27-29-31-33-35-37-39-41-49(53)57-45-48(46-59-61(55,56)58-44-47(52)43-51)60-50(54)42-40-38-36-34-32-30-28-26-24-22-20-18-16-14-12-10-8-6-4-2/h11-14,17-20,23,25,29,31,47-48,51-52H,3-10,15-16,21-22,24,26-28,30,32-46H2,1-2H3,(H,55,56)/b13-11+,14-12+,19-17+,20-18+,25-23+,31-29+/t47-,48+/m0/s1. The normalized spacial score (nSPS) is 14.4. The highest BCUT2D eigenvalue weighted by Crippen LogP contribution is 2.43. The van der Waals surface area contributed by atoms with Crippen LogP contribution in [-0.4, -0.2) is 65.7 Å². The van der Waals surface area contributed by atoms with E-state index in [2.05, 4.69) is 86.8 Å². The summed E-state index contributed by atoms with van der Waals surface area (Å²) in [4.78, 5) is 35.1. The van der Waals surface area contributed by atoms with Gasteiger partial charge in [-0.3, -0.25) is 18.6 Å². The number of phosphoric ester groups is 1. The first-order chi connectivity index (χ1) is 29.7. The number of aliphatic hydroxyl groups excluding tert-OH is 2. The van der Waals surface area contributed by atoms with Gasteiger partial charge in [0.15, 0.2) is 6.10 Å². The van der Waals surface area contributed by atoms with Crippen molar-refractivity contribution in [2.45, 2.75) is 206 Å². The molecule has 3 N–H and O–H groups in total. The Labute approximate surface area is 371 Å². The largest absolute Gasteiger partial charge is 0.472 e. The zero-order chi connectivity index (χ0) is 44.8. The zero-order valence-corrected chi connectivity index (χ0v) is 39.3. The minimum Gasteiger partial charge on any atom is -0.462 e. The van der Waals surface area contributed by atoms with Crippen LogP contribution in [0.4, 0.5) is 0 Å². The first-order valence-corrected chi connectivity index (χ1v) is 25.4. The second kappa shape index (κ2) is 45.4. The molecule has 0 saturated carbocycles. The number of esters is 2. The lowest BCUT2D eigenvalue weighted by Gasteiger charge is -2.20. The van der Waals surface area contributed by atoms with Crippen LogP contribution in [-0.2, 0) is 32.7 Å². The van der Waals surface area contributed by atoms with Crippen molar-refractivity contribution in [2.75, 3.05) is 26.4 Å². The highest BCUT2D eigenvalue weighted by Gasteiger charge is 2.27. The Bertz CT molecular complexity index is 1240. The van der Waals surface area contributed by atoms with Gasteiger partial charge in [0.25, 0.3) is 0 Å². The van der Waals surface area contributed by atoms with Gasteiger partial charge in [0.1, 0.15) is 12.7 Å². The van der Waals surface area contributed by atoms with Crippen molar-refractivity contribution >= 4 is 19.8 Å². The van der Waals surface area contributed by atoms with Crippen molar-refractivity contribution < 1.29 is 47.8 Å². The monoisotopic (exact) mass is 879 g/mol. The molecule has 10 nitrogen and oxygen atoms in total. The van der Waals surface area contributed by atoms with E-state index >= 15 is 0 Å². The van der Waals surface area contributed by atoms with Gasteiger partial charge in [-0.2, -0.15) is 0 Å². The topological polar surface area (TPSA) is 149 Å². The molecule has 0 fully saturated rings. The molecule has 0 rings (SSSR count). The van der Waals surface area contributed by atoms with Crippen molar-refractivity contribution in [3.05, 3.63) is 72.9 Å². The lowest BCUT2D eigenvalue weighted by atomic mass is 10.1. The smallest absolute Gasteiger partial charge is 0.462 e. The number of ether oxygens (including phenoxy) is 2. The van der Waals surface area contributed by atoms with Crippen LogP contribution in [0.2, 0.25) is 0 Å². The molecule has 11 heteroatoms. The number of hydrogen-bond acceptors (Lipinski definition) is 9. The van der Waals surface area contributed by atoms with Crippen LogP contribution in [0.15, 0.2) is 72.9 Å². The van der Waals surface area contributed by atoms with Crippen LogP contribution in [0.1, 0.15) is 194 Å². The molecule has 0 aromatic heterocycles. The summed E-state index contributed by atoms with van der Waals surface area (Å²) in [5, 5.41) is 18.4. The molecule has 0 aliphatic carbocycles. The number of unbranched alkanes of at least 4 members (excludes halogenated alkanes) is 18. The molecular weight excluding hydrogens is 792 g/mol. The van der Waals surface area contributed by atoms with E-state index < -0.39 is 51.8 Å². The Hall–Kier alpha value is -2.59. The summed E-state index contributed by atoms with van der Waals surface area (Å²) in [5.41, 5.74) is 0. The van der Waals surface area contributed by atoms with E-state index in [0.29, 0.717) is 12.8 Å². The first-order valence-electron chi connectivity index (χ1n) is 23.9. The fraction of sp³-hybridized carbons (Fsp3) is 0.720. The van der Waals surface area contributed by atoms with E-state index in [1.807, 2.05) is 0 Å². The second-order valence-electron chi connectivity index (χ2n) is 15.8. The Morgan fingerprint density at radius 2 is 0.852 bits per heavy atom. The third kappa shape index (κ3) is 45.3. The van der Waals surface area contributed by atoms with Gasteiger partial charge in [-0.25, -0.2) is 4.57 Å². The van der Waals surface area contributed by atoms with Gasteiger partial charge in [-0.1, -0.05) is 164 Å². The fourth-order valence-corrected chi connectivity index (χ4v) is 6.91. The van der Waals surface area contributed by atoms with Crippen LogP contribution < -0.4 is 0 Å². The number of hydrogen-bond donors (Lipinski definition) is 3. The number of carbonyl (C=O) groups is 2. The molecule has 0 saturated heterocycles. The molecule has 0 aromatic rings. The van der Waals surface area contributed by atoms with Crippen LogP contribution in [0.25, 0.3) is 0 Å². The number of rotatable bonds is 44.